The lowest BCUT2D eigenvalue weighted by atomic mass is 10.2. The average Bonchev–Trinajstić information content (AvgIpc) is 2.86. The Hall–Kier alpha value is -1.59. The first-order valence-electron chi connectivity index (χ1n) is 6.60. The third kappa shape index (κ3) is 3.95. The Bertz CT molecular complexity index is 557. The highest BCUT2D eigenvalue weighted by molar-refractivity contribution is 6.30. The average molecular weight is 296 g/mol. The third-order valence-electron chi connectivity index (χ3n) is 2.72. The van der Waals surface area contributed by atoms with Gasteiger partial charge in [0.05, 0.1) is 0 Å². The van der Waals surface area contributed by atoms with Crippen LogP contribution in [0.25, 0.3) is 0 Å². The van der Waals surface area contributed by atoms with E-state index in [0.29, 0.717) is 17.5 Å². The van der Waals surface area contributed by atoms with Gasteiger partial charge in [-0.05, 0) is 31.7 Å². The molecule has 0 bridgehead atoms. The van der Waals surface area contributed by atoms with Crippen LogP contribution in [0.3, 0.4) is 0 Å². The first-order chi connectivity index (χ1) is 9.72. The molecule has 0 saturated heterocycles. The molecular formula is C14H18ClN3O2. The predicted octanol–water partition coefficient (Wildman–Crippen LogP) is 2.97. The Morgan fingerprint density at radius 2 is 2.25 bits per heavy atom. The van der Waals surface area contributed by atoms with Crippen molar-refractivity contribution in [2.24, 2.45) is 0 Å². The van der Waals surface area contributed by atoms with E-state index in [4.69, 9.17) is 20.9 Å². The zero-order valence-corrected chi connectivity index (χ0v) is 12.4. The first-order valence-corrected chi connectivity index (χ1v) is 6.98. The van der Waals surface area contributed by atoms with E-state index in [1.165, 1.54) is 0 Å². The molecule has 2 rings (SSSR count). The fourth-order valence-corrected chi connectivity index (χ4v) is 2.03. The number of nitrogens with one attached hydrogen (secondary N) is 1. The van der Waals surface area contributed by atoms with E-state index in [-0.39, 0.29) is 6.61 Å². The van der Waals surface area contributed by atoms with Gasteiger partial charge < -0.3 is 14.6 Å². The zero-order valence-electron chi connectivity index (χ0n) is 11.6. The molecular weight excluding hydrogens is 278 g/mol. The molecule has 5 nitrogen and oxygen atoms in total. The standard InChI is InChI=1S/C14H18ClN3O2/c1-3-4-13-17-14(20-18-13)9-19-12-6-5-11(15)7-10(12)8-16-2/h5-7,16H,3-4,8-9H2,1-2H3. The van der Waals surface area contributed by atoms with Crippen molar-refractivity contribution in [3.8, 4) is 5.75 Å². The van der Waals surface area contributed by atoms with E-state index in [1.54, 1.807) is 6.07 Å². The van der Waals surface area contributed by atoms with Gasteiger partial charge in [0.15, 0.2) is 12.4 Å². The van der Waals surface area contributed by atoms with Gasteiger partial charge in [-0.3, -0.25) is 0 Å². The fraction of sp³-hybridized carbons (Fsp3) is 0.429. The topological polar surface area (TPSA) is 60.2 Å². The molecule has 2 aromatic rings. The van der Waals surface area contributed by atoms with Gasteiger partial charge >= 0.3 is 0 Å². The Kier molecular flexibility index (Phi) is 5.38. The Morgan fingerprint density at radius 1 is 1.40 bits per heavy atom. The normalized spacial score (nSPS) is 10.8. The molecule has 20 heavy (non-hydrogen) atoms. The van der Waals surface area contributed by atoms with E-state index in [2.05, 4.69) is 22.4 Å². The molecule has 0 fully saturated rings. The van der Waals surface area contributed by atoms with E-state index in [0.717, 1.165) is 30.0 Å². The Labute approximate surface area is 123 Å². The molecule has 1 aromatic heterocycles. The third-order valence-corrected chi connectivity index (χ3v) is 2.96. The second-order valence-electron chi connectivity index (χ2n) is 4.43. The molecule has 0 radical (unpaired) electrons. The molecule has 1 N–H and O–H groups in total. The molecule has 0 aliphatic rings. The van der Waals surface area contributed by atoms with Crippen LogP contribution in [0.4, 0.5) is 0 Å². The molecule has 0 aliphatic heterocycles. The minimum atomic E-state index is 0.259. The molecule has 0 aliphatic carbocycles. The number of nitrogens with zero attached hydrogens (tertiary/aromatic N) is 2. The second kappa shape index (κ2) is 7.26. The Morgan fingerprint density at radius 3 is 3.00 bits per heavy atom. The number of aryl methyl sites for hydroxylation is 1. The van der Waals surface area contributed by atoms with Gasteiger partial charge in [-0.2, -0.15) is 4.98 Å². The summed E-state index contributed by atoms with van der Waals surface area (Å²) in [4.78, 5) is 4.26. The minimum absolute atomic E-state index is 0.259. The number of aromatic nitrogens is 2. The quantitative estimate of drug-likeness (QED) is 0.851. The summed E-state index contributed by atoms with van der Waals surface area (Å²) in [6.45, 7) is 3.01. The van der Waals surface area contributed by atoms with Crippen LogP contribution in [0, 0.1) is 0 Å². The van der Waals surface area contributed by atoms with Crippen LogP contribution < -0.4 is 10.1 Å². The zero-order chi connectivity index (χ0) is 14.4. The van der Waals surface area contributed by atoms with Crippen LogP contribution in [0.1, 0.15) is 30.6 Å². The van der Waals surface area contributed by atoms with Crippen molar-refractivity contribution in [1.29, 1.82) is 0 Å². The summed E-state index contributed by atoms with van der Waals surface area (Å²) in [7, 11) is 1.87. The number of rotatable bonds is 7. The van der Waals surface area contributed by atoms with Gasteiger partial charge in [-0.25, -0.2) is 0 Å². The molecule has 0 amide bonds. The number of halogens is 1. The maximum absolute atomic E-state index is 5.98. The largest absolute Gasteiger partial charge is 0.483 e. The summed E-state index contributed by atoms with van der Waals surface area (Å²) in [5, 5.41) is 7.66. The molecule has 6 heteroatoms. The summed E-state index contributed by atoms with van der Waals surface area (Å²) < 4.78 is 10.9. The maximum atomic E-state index is 5.98. The molecule has 0 atom stereocenters. The van der Waals surface area contributed by atoms with Gasteiger partial charge in [-0.15, -0.1) is 0 Å². The van der Waals surface area contributed by atoms with Crippen LogP contribution in [0.15, 0.2) is 22.7 Å². The molecule has 1 heterocycles. The monoisotopic (exact) mass is 295 g/mol. The summed E-state index contributed by atoms with van der Waals surface area (Å²) in [5.41, 5.74) is 0.994. The summed E-state index contributed by atoms with van der Waals surface area (Å²) in [6, 6.07) is 5.52. The van der Waals surface area contributed by atoms with Crippen LogP contribution in [-0.2, 0) is 19.6 Å². The Balaban J connectivity index is 2.02. The van der Waals surface area contributed by atoms with Crippen molar-refractivity contribution < 1.29 is 9.26 Å². The number of hydrogen-bond donors (Lipinski definition) is 1. The molecule has 0 saturated carbocycles. The highest BCUT2D eigenvalue weighted by atomic mass is 35.5. The van der Waals surface area contributed by atoms with Crippen molar-refractivity contribution in [3.05, 3.63) is 40.5 Å². The van der Waals surface area contributed by atoms with Crippen molar-refractivity contribution in [1.82, 2.24) is 15.5 Å². The van der Waals surface area contributed by atoms with Crippen molar-refractivity contribution in [2.45, 2.75) is 32.9 Å². The molecule has 1 aromatic carbocycles. The summed E-state index contributed by atoms with van der Waals surface area (Å²) in [5.74, 6) is 1.97. The lowest BCUT2D eigenvalue weighted by molar-refractivity contribution is 0.240. The van der Waals surface area contributed by atoms with Crippen molar-refractivity contribution in [2.75, 3.05) is 7.05 Å². The lowest BCUT2D eigenvalue weighted by Gasteiger charge is -2.10. The number of hydrogen-bond acceptors (Lipinski definition) is 5. The minimum Gasteiger partial charge on any atom is -0.483 e. The van der Waals surface area contributed by atoms with Gasteiger partial charge in [0.1, 0.15) is 5.75 Å². The summed E-state index contributed by atoms with van der Waals surface area (Å²) in [6.07, 6.45) is 1.80. The van der Waals surface area contributed by atoms with Crippen molar-refractivity contribution >= 4 is 11.6 Å². The molecule has 0 unspecified atom stereocenters. The number of ether oxygens (including phenoxy) is 1. The number of benzene rings is 1. The second-order valence-corrected chi connectivity index (χ2v) is 4.86. The van der Waals surface area contributed by atoms with E-state index in [1.807, 2.05) is 19.2 Å². The van der Waals surface area contributed by atoms with E-state index < -0.39 is 0 Å². The fourth-order valence-electron chi connectivity index (χ4n) is 1.83. The summed E-state index contributed by atoms with van der Waals surface area (Å²) >= 11 is 5.98. The SMILES string of the molecule is CCCc1noc(COc2ccc(Cl)cc2CNC)n1. The van der Waals surface area contributed by atoms with Gasteiger partial charge in [0.25, 0.3) is 5.89 Å². The van der Waals surface area contributed by atoms with Crippen LogP contribution in [0.5, 0.6) is 5.75 Å². The van der Waals surface area contributed by atoms with Gasteiger partial charge in [0.2, 0.25) is 0 Å². The van der Waals surface area contributed by atoms with Gasteiger partial charge in [-0.1, -0.05) is 23.7 Å². The van der Waals surface area contributed by atoms with Crippen molar-refractivity contribution in [3.63, 3.8) is 0 Å². The van der Waals surface area contributed by atoms with Crippen LogP contribution >= 0.6 is 11.6 Å². The highest BCUT2D eigenvalue weighted by Crippen LogP contribution is 2.23. The molecule has 0 spiro atoms. The van der Waals surface area contributed by atoms with E-state index in [9.17, 15) is 0 Å². The van der Waals surface area contributed by atoms with Crippen LogP contribution in [-0.4, -0.2) is 17.2 Å². The lowest BCUT2D eigenvalue weighted by Crippen LogP contribution is -2.07. The highest BCUT2D eigenvalue weighted by Gasteiger charge is 2.09. The van der Waals surface area contributed by atoms with Gasteiger partial charge in [0, 0.05) is 23.6 Å². The van der Waals surface area contributed by atoms with Crippen LogP contribution in [0.2, 0.25) is 5.02 Å². The molecule has 108 valence electrons. The first kappa shape index (κ1) is 14.8. The predicted molar refractivity (Wildman–Crippen MR) is 76.8 cm³/mol. The maximum Gasteiger partial charge on any atom is 0.264 e. The smallest absolute Gasteiger partial charge is 0.264 e. The van der Waals surface area contributed by atoms with E-state index >= 15 is 0 Å².